The van der Waals surface area contributed by atoms with Gasteiger partial charge in [0.2, 0.25) is 0 Å². The first-order valence-corrected chi connectivity index (χ1v) is 6.04. The summed E-state index contributed by atoms with van der Waals surface area (Å²) in [6, 6.07) is 11.4. The Kier molecular flexibility index (Phi) is 9.43. The molecular weight excluding hydrogens is 210 g/mol. The van der Waals surface area contributed by atoms with Gasteiger partial charge in [0.1, 0.15) is 11.6 Å². The molecule has 0 amide bonds. The smallest absolute Gasteiger partial charge is 0.131 e. The van der Waals surface area contributed by atoms with Gasteiger partial charge in [-0.2, -0.15) is 0 Å². The van der Waals surface area contributed by atoms with Crippen LogP contribution in [0.15, 0.2) is 48.8 Å². The highest BCUT2D eigenvalue weighted by Crippen LogP contribution is 2.08. The zero-order chi connectivity index (χ0) is 12.9. The van der Waals surface area contributed by atoms with Gasteiger partial charge < -0.3 is 5.32 Å². The summed E-state index contributed by atoms with van der Waals surface area (Å²) < 4.78 is 0. The molecular formula is C14H21N3. The third-order valence-corrected chi connectivity index (χ3v) is 1.59. The summed E-state index contributed by atoms with van der Waals surface area (Å²) in [7, 11) is 0. The average molecular weight is 231 g/mol. The molecule has 2 aromatic rings. The maximum Gasteiger partial charge on any atom is 0.131 e. The molecule has 1 N–H and O–H groups in total. The number of nitrogens with zero attached hydrogens (tertiary/aromatic N) is 2. The minimum atomic E-state index is 0.807. The molecule has 0 fully saturated rings. The highest BCUT2D eigenvalue weighted by atomic mass is 15.0. The number of nitrogens with one attached hydrogen (secondary N) is 1. The van der Waals surface area contributed by atoms with Gasteiger partial charge in [-0.05, 0) is 24.3 Å². The van der Waals surface area contributed by atoms with Gasteiger partial charge in [-0.15, -0.1) is 0 Å². The van der Waals surface area contributed by atoms with E-state index >= 15 is 0 Å². The van der Waals surface area contributed by atoms with Crippen molar-refractivity contribution in [3.8, 4) is 0 Å². The van der Waals surface area contributed by atoms with E-state index in [0.717, 1.165) is 11.6 Å². The van der Waals surface area contributed by atoms with Crippen LogP contribution in [0.4, 0.5) is 11.6 Å². The first kappa shape index (κ1) is 15.1. The molecule has 0 aliphatic carbocycles. The fraction of sp³-hybridized carbons (Fsp3) is 0.286. The van der Waals surface area contributed by atoms with E-state index in [0.29, 0.717) is 0 Å². The maximum absolute atomic E-state index is 4.12. The van der Waals surface area contributed by atoms with Gasteiger partial charge in [0, 0.05) is 12.4 Å². The molecule has 2 rings (SSSR count). The highest BCUT2D eigenvalue weighted by Gasteiger charge is 1.92. The second kappa shape index (κ2) is 10.6. The number of rotatable bonds is 2. The molecule has 3 heteroatoms. The Hall–Kier alpha value is -1.90. The molecule has 0 aromatic carbocycles. The van der Waals surface area contributed by atoms with Crippen molar-refractivity contribution in [2.75, 3.05) is 5.32 Å². The maximum atomic E-state index is 4.12. The van der Waals surface area contributed by atoms with E-state index in [-0.39, 0.29) is 0 Å². The zero-order valence-electron chi connectivity index (χ0n) is 11.0. The van der Waals surface area contributed by atoms with Crippen LogP contribution in [0.5, 0.6) is 0 Å². The zero-order valence-corrected chi connectivity index (χ0v) is 11.0. The third kappa shape index (κ3) is 6.30. The number of pyridine rings is 2. The summed E-state index contributed by atoms with van der Waals surface area (Å²) in [5, 5.41) is 3.08. The average Bonchev–Trinajstić information content (AvgIpc) is 2.45. The molecule has 0 aliphatic rings. The van der Waals surface area contributed by atoms with E-state index in [2.05, 4.69) is 15.3 Å². The predicted octanol–water partition coefficient (Wildman–Crippen LogP) is 4.27. The normalized spacial score (nSPS) is 8.00. The van der Waals surface area contributed by atoms with E-state index in [9.17, 15) is 0 Å². The molecule has 0 atom stereocenters. The Labute approximate surface area is 104 Å². The SMILES string of the molecule is CC.CC.c1ccc(Nc2ccccn2)nc1. The van der Waals surface area contributed by atoms with Gasteiger partial charge in [-0.1, -0.05) is 39.8 Å². The summed E-state index contributed by atoms with van der Waals surface area (Å²) in [4.78, 5) is 8.25. The van der Waals surface area contributed by atoms with Gasteiger partial charge in [-0.3, -0.25) is 0 Å². The molecule has 0 unspecified atom stereocenters. The van der Waals surface area contributed by atoms with Crippen molar-refractivity contribution in [3.63, 3.8) is 0 Å². The molecule has 92 valence electrons. The van der Waals surface area contributed by atoms with E-state index in [1.165, 1.54) is 0 Å². The van der Waals surface area contributed by atoms with Gasteiger partial charge in [0.15, 0.2) is 0 Å². The van der Waals surface area contributed by atoms with Crippen molar-refractivity contribution in [2.45, 2.75) is 27.7 Å². The fourth-order valence-electron chi connectivity index (χ4n) is 1.00. The van der Waals surface area contributed by atoms with E-state index < -0.39 is 0 Å². The van der Waals surface area contributed by atoms with Crippen LogP contribution in [0, 0.1) is 0 Å². The van der Waals surface area contributed by atoms with E-state index in [4.69, 9.17) is 0 Å². The minimum absolute atomic E-state index is 0.807. The van der Waals surface area contributed by atoms with Crippen LogP contribution in [-0.2, 0) is 0 Å². The Morgan fingerprint density at radius 1 is 0.706 bits per heavy atom. The molecule has 2 heterocycles. The number of anilines is 2. The topological polar surface area (TPSA) is 37.8 Å². The summed E-state index contributed by atoms with van der Waals surface area (Å²) in [6.07, 6.45) is 3.48. The van der Waals surface area contributed by atoms with Crippen LogP contribution in [-0.4, -0.2) is 9.97 Å². The highest BCUT2D eigenvalue weighted by molar-refractivity contribution is 5.50. The van der Waals surface area contributed by atoms with Gasteiger partial charge >= 0.3 is 0 Å². The number of aromatic nitrogens is 2. The van der Waals surface area contributed by atoms with Gasteiger partial charge in [0.05, 0.1) is 0 Å². The molecule has 0 saturated heterocycles. The van der Waals surface area contributed by atoms with Crippen LogP contribution < -0.4 is 5.32 Å². The number of hydrogen-bond donors (Lipinski definition) is 1. The Morgan fingerprint density at radius 2 is 1.12 bits per heavy atom. The molecule has 0 bridgehead atoms. The first-order valence-electron chi connectivity index (χ1n) is 6.04. The van der Waals surface area contributed by atoms with Crippen molar-refractivity contribution < 1.29 is 0 Å². The predicted molar refractivity (Wildman–Crippen MR) is 74.5 cm³/mol. The Bertz CT molecular complexity index is 322. The molecule has 0 saturated carbocycles. The van der Waals surface area contributed by atoms with Gasteiger partial charge in [0.25, 0.3) is 0 Å². The fourth-order valence-corrected chi connectivity index (χ4v) is 1.00. The largest absolute Gasteiger partial charge is 0.325 e. The van der Waals surface area contributed by atoms with Crippen LogP contribution in [0.1, 0.15) is 27.7 Å². The second-order valence-corrected chi connectivity index (χ2v) is 2.55. The third-order valence-electron chi connectivity index (χ3n) is 1.59. The lowest BCUT2D eigenvalue weighted by Crippen LogP contribution is -1.93. The van der Waals surface area contributed by atoms with E-state index in [1.807, 2.05) is 64.1 Å². The summed E-state index contributed by atoms with van der Waals surface area (Å²) >= 11 is 0. The standard InChI is InChI=1S/C10H9N3.2C2H6/c1-3-7-11-9(5-1)13-10-6-2-4-8-12-10;2*1-2/h1-8H,(H,11,12,13);2*1-2H3. The molecule has 0 radical (unpaired) electrons. The second-order valence-electron chi connectivity index (χ2n) is 2.55. The molecule has 3 nitrogen and oxygen atoms in total. The lowest BCUT2D eigenvalue weighted by Gasteiger charge is -2.02. The number of hydrogen-bond acceptors (Lipinski definition) is 3. The van der Waals surface area contributed by atoms with Crippen molar-refractivity contribution >= 4 is 11.6 Å². The summed E-state index contributed by atoms with van der Waals surface area (Å²) in [6.45, 7) is 8.00. The molecule has 2 aromatic heterocycles. The quantitative estimate of drug-likeness (QED) is 0.838. The van der Waals surface area contributed by atoms with Crippen molar-refractivity contribution in [3.05, 3.63) is 48.8 Å². The van der Waals surface area contributed by atoms with E-state index in [1.54, 1.807) is 12.4 Å². The van der Waals surface area contributed by atoms with Crippen LogP contribution in [0.3, 0.4) is 0 Å². The van der Waals surface area contributed by atoms with Crippen LogP contribution in [0.2, 0.25) is 0 Å². The minimum Gasteiger partial charge on any atom is -0.325 e. The van der Waals surface area contributed by atoms with Crippen molar-refractivity contribution in [1.82, 2.24) is 9.97 Å². The first-order chi connectivity index (χ1) is 8.45. The van der Waals surface area contributed by atoms with Gasteiger partial charge in [-0.25, -0.2) is 9.97 Å². The van der Waals surface area contributed by atoms with Crippen molar-refractivity contribution in [2.24, 2.45) is 0 Å². The molecule has 17 heavy (non-hydrogen) atoms. The Balaban J connectivity index is 0.000000581. The van der Waals surface area contributed by atoms with Crippen LogP contribution in [0.25, 0.3) is 0 Å². The van der Waals surface area contributed by atoms with Crippen LogP contribution >= 0.6 is 0 Å². The Morgan fingerprint density at radius 3 is 1.41 bits per heavy atom. The lowest BCUT2D eigenvalue weighted by molar-refractivity contribution is 1.25. The summed E-state index contributed by atoms with van der Waals surface area (Å²) in [5.41, 5.74) is 0. The van der Waals surface area contributed by atoms with Crippen molar-refractivity contribution in [1.29, 1.82) is 0 Å². The monoisotopic (exact) mass is 231 g/mol. The lowest BCUT2D eigenvalue weighted by atomic mass is 10.4. The molecule has 0 spiro atoms. The summed E-state index contributed by atoms with van der Waals surface area (Å²) in [5.74, 6) is 1.61. The molecule has 0 aliphatic heterocycles.